The standard InChI is InChI=1S/C16H24BrFN2/c1-3-5-12(2)16(20-10-8-19-9-11-20)13-6-4-7-14(17)15(13)18/h4,6-7,12,16,19H,3,5,8-11H2,1-2H3/t12?,16-/m0/s1. The molecule has 4 heteroatoms. The van der Waals surface area contributed by atoms with Gasteiger partial charge in [0.25, 0.3) is 0 Å². The Bertz CT molecular complexity index is 432. The SMILES string of the molecule is CCCC(C)[C@@H](c1cccc(Br)c1F)N1CCNCC1. The average molecular weight is 343 g/mol. The normalized spacial score (nSPS) is 19.8. The van der Waals surface area contributed by atoms with E-state index >= 15 is 0 Å². The van der Waals surface area contributed by atoms with Crippen LogP contribution in [-0.2, 0) is 0 Å². The van der Waals surface area contributed by atoms with Gasteiger partial charge < -0.3 is 5.32 Å². The van der Waals surface area contributed by atoms with E-state index in [2.05, 4.69) is 40.0 Å². The van der Waals surface area contributed by atoms with Gasteiger partial charge in [-0.25, -0.2) is 4.39 Å². The highest BCUT2D eigenvalue weighted by Crippen LogP contribution is 2.35. The van der Waals surface area contributed by atoms with Crippen molar-refractivity contribution >= 4 is 15.9 Å². The Morgan fingerprint density at radius 2 is 2.05 bits per heavy atom. The summed E-state index contributed by atoms with van der Waals surface area (Å²) in [5.74, 6) is 0.362. The number of nitrogens with one attached hydrogen (secondary N) is 1. The number of halogens is 2. The second-order valence-corrected chi connectivity index (χ2v) is 6.49. The molecule has 1 unspecified atom stereocenters. The summed E-state index contributed by atoms with van der Waals surface area (Å²) >= 11 is 3.32. The van der Waals surface area contributed by atoms with Crippen LogP contribution >= 0.6 is 15.9 Å². The molecule has 1 N–H and O–H groups in total. The third kappa shape index (κ3) is 3.60. The number of benzene rings is 1. The fraction of sp³-hybridized carbons (Fsp3) is 0.625. The molecule has 1 fully saturated rings. The molecule has 0 spiro atoms. The summed E-state index contributed by atoms with van der Waals surface area (Å²) in [5, 5.41) is 3.37. The Balaban J connectivity index is 2.31. The smallest absolute Gasteiger partial charge is 0.142 e. The van der Waals surface area contributed by atoms with Gasteiger partial charge in [0.05, 0.1) is 4.47 Å². The van der Waals surface area contributed by atoms with Crippen LogP contribution in [0.4, 0.5) is 4.39 Å². The van der Waals surface area contributed by atoms with E-state index in [-0.39, 0.29) is 11.9 Å². The van der Waals surface area contributed by atoms with Crippen LogP contribution in [0.15, 0.2) is 22.7 Å². The van der Waals surface area contributed by atoms with Crippen LogP contribution in [-0.4, -0.2) is 31.1 Å². The Labute approximate surface area is 129 Å². The molecular formula is C16H24BrFN2. The highest BCUT2D eigenvalue weighted by Gasteiger charge is 2.29. The quantitative estimate of drug-likeness (QED) is 0.870. The molecule has 20 heavy (non-hydrogen) atoms. The summed E-state index contributed by atoms with van der Waals surface area (Å²) in [6.07, 6.45) is 2.26. The van der Waals surface area contributed by atoms with Gasteiger partial charge >= 0.3 is 0 Å². The minimum absolute atomic E-state index is 0.0982. The monoisotopic (exact) mass is 342 g/mol. The van der Waals surface area contributed by atoms with E-state index in [9.17, 15) is 4.39 Å². The fourth-order valence-electron chi connectivity index (χ4n) is 3.19. The van der Waals surface area contributed by atoms with Crippen LogP contribution in [0.5, 0.6) is 0 Å². The number of nitrogens with zero attached hydrogens (tertiary/aromatic N) is 1. The van der Waals surface area contributed by atoms with Gasteiger partial charge in [0, 0.05) is 37.8 Å². The zero-order chi connectivity index (χ0) is 14.5. The van der Waals surface area contributed by atoms with Gasteiger partial charge in [0.1, 0.15) is 5.82 Å². The molecule has 112 valence electrons. The molecule has 0 radical (unpaired) electrons. The summed E-state index contributed by atoms with van der Waals surface area (Å²) in [5.41, 5.74) is 0.835. The van der Waals surface area contributed by atoms with Crippen LogP contribution in [0.3, 0.4) is 0 Å². The number of piperazine rings is 1. The van der Waals surface area contributed by atoms with Crippen molar-refractivity contribution in [3.63, 3.8) is 0 Å². The molecule has 1 aromatic carbocycles. The van der Waals surface area contributed by atoms with Gasteiger partial charge in [-0.1, -0.05) is 32.4 Å². The Hall–Kier alpha value is -0.450. The van der Waals surface area contributed by atoms with Crippen molar-refractivity contribution in [2.45, 2.75) is 32.7 Å². The Morgan fingerprint density at radius 1 is 1.35 bits per heavy atom. The predicted molar refractivity (Wildman–Crippen MR) is 85.4 cm³/mol. The zero-order valence-corrected chi connectivity index (χ0v) is 13.9. The second-order valence-electron chi connectivity index (χ2n) is 5.64. The molecule has 1 saturated heterocycles. The van der Waals surface area contributed by atoms with Crippen molar-refractivity contribution in [1.29, 1.82) is 0 Å². The summed E-state index contributed by atoms with van der Waals surface area (Å²) in [4.78, 5) is 2.43. The Kier molecular flexibility index (Phi) is 6.00. The lowest BCUT2D eigenvalue weighted by Gasteiger charge is -2.39. The van der Waals surface area contributed by atoms with E-state index in [1.165, 1.54) is 0 Å². The molecule has 0 bridgehead atoms. The topological polar surface area (TPSA) is 15.3 Å². The molecule has 1 aliphatic rings. The second kappa shape index (κ2) is 7.53. The van der Waals surface area contributed by atoms with Crippen LogP contribution in [0.25, 0.3) is 0 Å². The number of hydrogen-bond acceptors (Lipinski definition) is 2. The van der Waals surface area contributed by atoms with E-state index in [4.69, 9.17) is 0 Å². The summed E-state index contributed by atoms with van der Waals surface area (Å²) in [6, 6.07) is 5.84. The van der Waals surface area contributed by atoms with E-state index in [0.717, 1.165) is 44.6 Å². The van der Waals surface area contributed by atoms with Crippen molar-refractivity contribution in [3.8, 4) is 0 Å². The van der Waals surface area contributed by atoms with Crippen LogP contribution in [0.2, 0.25) is 0 Å². The van der Waals surface area contributed by atoms with Crippen molar-refractivity contribution in [2.75, 3.05) is 26.2 Å². The van der Waals surface area contributed by atoms with Gasteiger partial charge in [0.15, 0.2) is 0 Å². The Morgan fingerprint density at radius 3 is 2.70 bits per heavy atom. The molecule has 1 aromatic rings. The summed E-state index contributed by atoms with van der Waals surface area (Å²) < 4.78 is 15.1. The van der Waals surface area contributed by atoms with Crippen molar-refractivity contribution < 1.29 is 4.39 Å². The molecule has 1 heterocycles. The first-order chi connectivity index (χ1) is 9.65. The third-order valence-corrected chi connectivity index (χ3v) is 4.74. The van der Waals surface area contributed by atoms with Gasteiger partial charge in [0.2, 0.25) is 0 Å². The van der Waals surface area contributed by atoms with Gasteiger partial charge in [-0.3, -0.25) is 4.90 Å². The predicted octanol–water partition coefficient (Wildman–Crippen LogP) is 3.97. The lowest BCUT2D eigenvalue weighted by atomic mass is 9.89. The van der Waals surface area contributed by atoms with Crippen molar-refractivity contribution in [3.05, 3.63) is 34.1 Å². The molecule has 0 saturated carbocycles. The molecule has 1 aliphatic heterocycles. The molecule has 0 aliphatic carbocycles. The maximum absolute atomic E-state index is 14.5. The zero-order valence-electron chi connectivity index (χ0n) is 12.3. The highest BCUT2D eigenvalue weighted by molar-refractivity contribution is 9.10. The van der Waals surface area contributed by atoms with Crippen LogP contribution in [0.1, 0.15) is 38.3 Å². The largest absolute Gasteiger partial charge is 0.314 e. The molecule has 2 rings (SSSR count). The van der Waals surface area contributed by atoms with Gasteiger partial charge in [-0.2, -0.15) is 0 Å². The minimum Gasteiger partial charge on any atom is -0.314 e. The van der Waals surface area contributed by atoms with E-state index < -0.39 is 0 Å². The minimum atomic E-state index is -0.0982. The highest BCUT2D eigenvalue weighted by atomic mass is 79.9. The summed E-state index contributed by atoms with van der Waals surface area (Å²) in [7, 11) is 0. The van der Waals surface area contributed by atoms with Gasteiger partial charge in [-0.15, -0.1) is 0 Å². The molecule has 0 amide bonds. The van der Waals surface area contributed by atoms with Crippen molar-refractivity contribution in [2.24, 2.45) is 5.92 Å². The van der Waals surface area contributed by atoms with Crippen LogP contribution in [0, 0.1) is 11.7 Å². The first-order valence-corrected chi connectivity index (χ1v) is 8.33. The van der Waals surface area contributed by atoms with E-state index in [1.54, 1.807) is 6.07 Å². The molecule has 0 aromatic heterocycles. The first-order valence-electron chi connectivity index (χ1n) is 7.53. The average Bonchev–Trinajstić information content (AvgIpc) is 2.45. The van der Waals surface area contributed by atoms with E-state index in [1.807, 2.05) is 12.1 Å². The maximum atomic E-state index is 14.5. The van der Waals surface area contributed by atoms with E-state index in [0.29, 0.717) is 10.4 Å². The lowest BCUT2D eigenvalue weighted by molar-refractivity contribution is 0.123. The maximum Gasteiger partial charge on any atom is 0.142 e. The number of rotatable bonds is 5. The molecule has 2 atom stereocenters. The first kappa shape index (κ1) is 15.9. The third-order valence-electron chi connectivity index (χ3n) is 4.13. The number of hydrogen-bond donors (Lipinski definition) is 1. The van der Waals surface area contributed by atoms with Crippen molar-refractivity contribution in [1.82, 2.24) is 10.2 Å². The molecular weight excluding hydrogens is 319 g/mol. The fourth-order valence-corrected chi connectivity index (χ4v) is 3.57. The van der Waals surface area contributed by atoms with Crippen LogP contribution < -0.4 is 5.32 Å². The molecule has 2 nitrogen and oxygen atoms in total. The van der Waals surface area contributed by atoms with Gasteiger partial charge in [-0.05, 0) is 34.3 Å². The lowest BCUT2D eigenvalue weighted by Crippen LogP contribution is -2.46. The summed E-state index contributed by atoms with van der Waals surface area (Å²) in [6.45, 7) is 8.41.